The lowest BCUT2D eigenvalue weighted by atomic mass is 9.96. The van der Waals surface area contributed by atoms with Crippen molar-refractivity contribution < 1.29 is 38.2 Å². The molecule has 13 heteroatoms. The van der Waals surface area contributed by atoms with Crippen molar-refractivity contribution in [2.24, 2.45) is 11.7 Å². The Labute approximate surface area is 233 Å². The molecule has 0 aliphatic carbocycles. The Bertz CT molecular complexity index is 1060. The predicted octanol–water partition coefficient (Wildman–Crippen LogP) is 2.55. The number of aromatic nitrogens is 2. The fraction of sp³-hybridized carbons (Fsp3) is 0.654. The summed E-state index contributed by atoms with van der Waals surface area (Å²) in [5, 5.41) is 1.96. The highest BCUT2D eigenvalue weighted by atomic mass is 32.2. The number of rotatable bonds is 13. The van der Waals surface area contributed by atoms with E-state index in [1.807, 2.05) is 0 Å². The number of imidazole rings is 1. The highest BCUT2D eigenvalue weighted by Gasteiger charge is 2.28. The van der Waals surface area contributed by atoms with Crippen molar-refractivity contribution in [2.45, 2.75) is 97.8 Å². The fourth-order valence-electron chi connectivity index (χ4n) is 3.36. The normalized spacial score (nSPS) is 13.2. The van der Waals surface area contributed by atoms with Crippen molar-refractivity contribution >= 4 is 46.5 Å². The molecule has 1 rings (SSSR count). The largest absolute Gasteiger partial charge is 0.460 e. The van der Waals surface area contributed by atoms with Crippen molar-refractivity contribution in [3.63, 3.8) is 0 Å². The second kappa shape index (κ2) is 14.8. The number of primary amides is 1. The van der Waals surface area contributed by atoms with Gasteiger partial charge in [-0.2, -0.15) is 0 Å². The first-order valence-corrected chi connectivity index (χ1v) is 13.6. The van der Waals surface area contributed by atoms with Crippen LogP contribution in [0, 0.1) is 5.92 Å². The highest BCUT2D eigenvalue weighted by Crippen LogP contribution is 2.23. The van der Waals surface area contributed by atoms with Crippen LogP contribution in [0.4, 0.5) is 4.79 Å². The van der Waals surface area contributed by atoms with E-state index in [4.69, 9.17) is 15.2 Å². The van der Waals surface area contributed by atoms with E-state index in [2.05, 4.69) is 10.3 Å². The van der Waals surface area contributed by atoms with Crippen molar-refractivity contribution in [2.75, 3.05) is 5.75 Å². The standard InChI is InChI=1S/C26H40N4O8S/c1-16(31)29-20(22(27)34)14-39-23(35)17(12-19(32)9-8-10-21(33)37-25(2,3)4)11-18-13-28-15-30(18)24(36)38-26(5,6)7/h13,15,17,20H,8-12,14H2,1-7H3,(H2,27,34)(H,29,31)/t17-,20+/m1/s1. The number of nitrogens with two attached hydrogens (primary N) is 1. The summed E-state index contributed by atoms with van der Waals surface area (Å²) in [6, 6.07) is -1.08. The van der Waals surface area contributed by atoms with Crippen molar-refractivity contribution in [3.8, 4) is 0 Å². The molecule has 3 N–H and O–H groups in total. The number of ether oxygens (including phenoxy) is 2. The van der Waals surface area contributed by atoms with E-state index in [0.29, 0.717) is 5.69 Å². The fourth-order valence-corrected chi connectivity index (χ4v) is 4.34. The number of Topliss-reactive ketones (excluding diaryl/α,β-unsaturated/α-hetero) is 1. The zero-order valence-electron chi connectivity index (χ0n) is 23.7. The maximum absolute atomic E-state index is 13.2. The maximum Gasteiger partial charge on any atom is 0.420 e. The molecule has 2 atom stereocenters. The highest BCUT2D eigenvalue weighted by molar-refractivity contribution is 8.13. The number of thioether (sulfide) groups is 1. The quantitative estimate of drug-likeness (QED) is 0.336. The summed E-state index contributed by atoms with van der Waals surface area (Å²) in [6.45, 7) is 11.6. The molecule has 0 unspecified atom stereocenters. The summed E-state index contributed by atoms with van der Waals surface area (Å²) >= 11 is 0.759. The molecule has 39 heavy (non-hydrogen) atoms. The number of nitrogens with zero attached hydrogens (tertiary/aromatic N) is 2. The average molecular weight is 569 g/mol. The minimum Gasteiger partial charge on any atom is -0.460 e. The molecule has 12 nitrogen and oxygen atoms in total. The molecule has 1 aromatic heterocycles. The van der Waals surface area contributed by atoms with E-state index < -0.39 is 52.2 Å². The molecule has 0 aromatic carbocycles. The lowest BCUT2D eigenvalue weighted by Crippen LogP contribution is -2.45. The number of nitrogens with one attached hydrogen (secondary N) is 1. The summed E-state index contributed by atoms with van der Waals surface area (Å²) in [7, 11) is 0. The maximum atomic E-state index is 13.2. The number of amides is 2. The van der Waals surface area contributed by atoms with E-state index >= 15 is 0 Å². The van der Waals surface area contributed by atoms with Crippen LogP contribution >= 0.6 is 11.8 Å². The monoisotopic (exact) mass is 568 g/mol. The van der Waals surface area contributed by atoms with E-state index in [9.17, 15) is 28.8 Å². The van der Waals surface area contributed by atoms with Crippen LogP contribution in [0.3, 0.4) is 0 Å². The van der Waals surface area contributed by atoms with Gasteiger partial charge in [-0.05, 0) is 48.0 Å². The minimum absolute atomic E-state index is 0.00967. The molecule has 0 bridgehead atoms. The molecule has 0 radical (unpaired) electrons. The topological polar surface area (TPSA) is 177 Å². The summed E-state index contributed by atoms with van der Waals surface area (Å²) in [5.74, 6) is -2.96. The number of carbonyl (C=O) groups excluding carboxylic acids is 6. The van der Waals surface area contributed by atoms with E-state index in [1.165, 1.54) is 24.0 Å². The number of ketones is 1. The molecule has 0 saturated carbocycles. The first kappa shape index (κ1) is 33.8. The van der Waals surface area contributed by atoms with Crippen LogP contribution in [-0.2, 0) is 39.9 Å². The Hall–Kier alpha value is -3.22. The van der Waals surface area contributed by atoms with Crippen molar-refractivity contribution in [3.05, 3.63) is 18.2 Å². The molecule has 218 valence electrons. The first-order chi connectivity index (χ1) is 17.9. The molecule has 0 spiro atoms. The lowest BCUT2D eigenvalue weighted by Gasteiger charge is -2.21. The van der Waals surface area contributed by atoms with Crippen LogP contribution in [-0.4, -0.2) is 67.3 Å². The number of hydrogen-bond donors (Lipinski definition) is 2. The summed E-state index contributed by atoms with van der Waals surface area (Å²) in [6.07, 6.45) is 2.17. The Kier molecular flexibility index (Phi) is 12.8. The van der Waals surface area contributed by atoms with Gasteiger partial charge in [0.05, 0.1) is 0 Å². The molecule has 0 saturated heterocycles. The Morgan fingerprint density at radius 2 is 1.64 bits per heavy atom. The van der Waals surface area contributed by atoms with Gasteiger partial charge in [0, 0.05) is 56.2 Å². The SMILES string of the molecule is CC(=O)N[C@@H](CSC(=O)[C@@H](CC(=O)CCCC(=O)OC(C)(C)C)Cc1cncn1C(=O)OC(C)(C)C)C(N)=O. The zero-order chi connectivity index (χ0) is 30.0. The number of carbonyl (C=O) groups is 6. The second-order valence-corrected chi connectivity index (χ2v) is 12.1. The number of esters is 1. The average Bonchev–Trinajstić information content (AvgIpc) is 3.21. The van der Waals surface area contributed by atoms with Gasteiger partial charge in [-0.25, -0.2) is 14.3 Å². The van der Waals surface area contributed by atoms with Gasteiger partial charge in [0.2, 0.25) is 11.8 Å². The molecule has 1 aromatic rings. The molecular formula is C26H40N4O8S. The zero-order valence-corrected chi connectivity index (χ0v) is 24.5. The summed E-state index contributed by atoms with van der Waals surface area (Å²) in [4.78, 5) is 77.6. The Balaban J connectivity index is 3.00. The van der Waals surface area contributed by atoms with Gasteiger partial charge < -0.3 is 20.5 Å². The van der Waals surface area contributed by atoms with Gasteiger partial charge >= 0.3 is 12.1 Å². The molecule has 2 amide bonds. The molecule has 1 heterocycles. The van der Waals surface area contributed by atoms with Gasteiger partial charge in [-0.1, -0.05) is 11.8 Å². The molecule has 0 aliphatic rings. The van der Waals surface area contributed by atoms with Crippen LogP contribution < -0.4 is 11.1 Å². The third-order valence-electron chi connectivity index (χ3n) is 4.94. The van der Waals surface area contributed by atoms with Crippen LogP contribution in [0.5, 0.6) is 0 Å². The molecule has 0 aliphatic heterocycles. The number of hydrogen-bond acceptors (Lipinski definition) is 10. The van der Waals surface area contributed by atoms with Crippen LogP contribution in [0.25, 0.3) is 0 Å². The van der Waals surface area contributed by atoms with Crippen molar-refractivity contribution in [1.29, 1.82) is 0 Å². The van der Waals surface area contributed by atoms with Gasteiger partial charge in [0.15, 0.2) is 5.12 Å². The van der Waals surface area contributed by atoms with Gasteiger partial charge in [0.1, 0.15) is 29.4 Å². The first-order valence-electron chi connectivity index (χ1n) is 12.6. The summed E-state index contributed by atoms with van der Waals surface area (Å²) < 4.78 is 11.8. The molecular weight excluding hydrogens is 528 g/mol. The Morgan fingerprint density at radius 1 is 1.03 bits per heavy atom. The minimum atomic E-state index is -1.08. The van der Waals surface area contributed by atoms with Crippen LogP contribution in [0.15, 0.2) is 12.5 Å². The predicted molar refractivity (Wildman–Crippen MR) is 145 cm³/mol. The summed E-state index contributed by atoms with van der Waals surface area (Å²) in [5.41, 5.74) is 4.29. The van der Waals surface area contributed by atoms with Crippen LogP contribution in [0.1, 0.15) is 79.8 Å². The van der Waals surface area contributed by atoms with E-state index in [0.717, 1.165) is 11.8 Å². The van der Waals surface area contributed by atoms with Gasteiger partial charge in [0.25, 0.3) is 0 Å². The van der Waals surface area contributed by atoms with E-state index in [1.54, 1.807) is 41.5 Å². The molecule has 0 fully saturated rings. The second-order valence-electron chi connectivity index (χ2n) is 11.1. The lowest BCUT2D eigenvalue weighted by molar-refractivity contribution is -0.155. The third-order valence-corrected chi connectivity index (χ3v) is 6.06. The van der Waals surface area contributed by atoms with Gasteiger partial charge in [-0.3, -0.25) is 24.0 Å². The Morgan fingerprint density at radius 3 is 2.18 bits per heavy atom. The van der Waals surface area contributed by atoms with Gasteiger partial charge in [-0.15, -0.1) is 0 Å². The smallest absolute Gasteiger partial charge is 0.420 e. The van der Waals surface area contributed by atoms with E-state index in [-0.39, 0.29) is 43.6 Å². The van der Waals surface area contributed by atoms with Crippen molar-refractivity contribution in [1.82, 2.24) is 14.9 Å². The third kappa shape index (κ3) is 13.9. The van der Waals surface area contributed by atoms with Crippen LogP contribution in [0.2, 0.25) is 0 Å².